The van der Waals surface area contributed by atoms with E-state index in [2.05, 4.69) is 5.32 Å². The molecule has 0 saturated carbocycles. The molecule has 5 heteroatoms. The maximum atomic E-state index is 12.3. The van der Waals surface area contributed by atoms with E-state index in [1.165, 1.54) is 0 Å². The van der Waals surface area contributed by atoms with E-state index in [4.69, 9.17) is 0 Å². The molecule has 140 valence electrons. The molecule has 0 atom stereocenters. The Labute approximate surface area is 159 Å². The molecule has 0 bridgehead atoms. The van der Waals surface area contributed by atoms with E-state index in [0.29, 0.717) is 17.7 Å². The van der Waals surface area contributed by atoms with Gasteiger partial charge in [0.2, 0.25) is 11.8 Å². The van der Waals surface area contributed by atoms with Gasteiger partial charge in [-0.25, -0.2) is 0 Å². The zero-order valence-electron chi connectivity index (χ0n) is 15.7. The van der Waals surface area contributed by atoms with Gasteiger partial charge in [-0.3, -0.25) is 14.4 Å². The Morgan fingerprint density at radius 1 is 1.00 bits per heavy atom. The Morgan fingerprint density at radius 2 is 1.74 bits per heavy atom. The summed E-state index contributed by atoms with van der Waals surface area (Å²) in [6.45, 7) is 4.71. The van der Waals surface area contributed by atoms with Gasteiger partial charge in [0.1, 0.15) is 0 Å². The molecular weight excluding hydrogens is 340 g/mol. The van der Waals surface area contributed by atoms with Gasteiger partial charge in [0.25, 0.3) is 0 Å². The molecule has 5 nitrogen and oxygen atoms in total. The Balaban J connectivity index is 1.52. The molecule has 0 unspecified atom stereocenters. The molecule has 1 heterocycles. The van der Waals surface area contributed by atoms with E-state index in [9.17, 15) is 14.4 Å². The summed E-state index contributed by atoms with van der Waals surface area (Å²) >= 11 is 0. The lowest BCUT2D eigenvalue weighted by atomic mass is 10.0. The Hall–Kier alpha value is -2.95. The van der Waals surface area contributed by atoms with Crippen molar-refractivity contribution in [2.75, 3.05) is 16.8 Å². The average Bonchev–Trinajstić information content (AvgIpc) is 3.08. The van der Waals surface area contributed by atoms with Crippen LogP contribution in [0.25, 0.3) is 0 Å². The first-order chi connectivity index (χ1) is 12.9. The molecular formula is C22H24N2O3. The number of carbonyl (C=O) groups is 3. The van der Waals surface area contributed by atoms with E-state index in [-0.39, 0.29) is 30.4 Å². The molecule has 1 saturated heterocycles. The number of amides is 2. The van der Waals surface area contributed by atoms with Gasteiger partial charge in [-0.2, -0.15) is 0 Å². The molecule has 2 aromatic carbocycles. The minimum atomic E-state index is -0.197. The van der Waals surface area contributed by atoms with Gasteiger partial charge >= 0.3 is 0 Å². The zero-order chi connectivity index (χ0) is 19.4. The van der Waals surface area contributed by atoms with Crippen molar-refractivity contribution in [3.63, 3.8) is 0 Å². The minimum Gasteiger partial charge on any atom is -0.326 e. The minimum absolute atomic E-state index is 0.0313. The summed E-state index contributed by atoms with van der Waals surface area (Å²) in [7, 11) is 0. The number of nitrogens with zero attached hydrogens (tertiary/aromatic N) is 1. The van der Waals surface area contributed by atoms with E-state index in [0.717, 1.165) is 29.8 Å². The number of benzene rings is 2. The van der Waals surface area contributed by atoms with E-state index in [1.54, 1.807) is 23.1 Å². The normalized spacial score (nSPS) is 13.7. The molecule has 1 fully saturated rings. The highest BCUT2D eigenvalue weighted by atomic mass is 16.2. The van der Waals surface area contributed by atoms with Crippen molar-refractivity contribution in [3.8, 4) is 0 Å². The number of ketones is 1. The van der Waals surface area contributed by atoms with Crippen LogP contribution in [0.4, 0.5) is 11.4 Å². The number of rotatable bonds is 6. The zero-order valence-corrected chi connectivity index (χ0v) is 15.7. The van der Waals surface area contributed by atoms with Crippen molar-refractivity contribution in [1.82, 2.24) is 0 Å². The standard InChI is InChI=1S/C22H24N2O3/c1-15-5-6-17(14-16(15)2)20(25)11-12-21(26)23-18-7-9-19(10-8-18)24-13-3-4-22(24)27/h5-10,14H,3-4,11-13H2,1-2H3,(H,23,26). The van der Waals surface area contributed by atoms with Gasteiger partial charge in [-0.05, 0) is 61.7 Å². The Morgan fingerprint density at radius 3 is 2.37 bits per heavy atom. The molecule has 2 aromatic rings. The summed E-state index contributed by atoms with van der Waals surface area (Å²) in [5, 5.41) is 2.80. The summed E-state index contributed by atoms with van der Waals surface area (Å²) in [5.41, 5.74) is 4.37. The highest BCUT2D eigenvalue weighted by Crippen LogP contribution is 2.23. The second-order valence-corrected chi connectivity index (χ2v) is 6.97. The van der Waals surface area contributed by atoms with Crippen LogP contribution in [0.5, 0.6) is 0 Å². The van der Waals surface area contributed by atoms with Crippen LogP contribution in [0.15, 0.2) is 42.5 Å². The molecule has 3 rings (SSSR count). The fraction of sp³-hybridized carbons (Fsp3) is 0.318. The quantitative estimate of drug-likeness (QED) is 0.787. The second-order valence-electron chi connectivity index (χ2n) is 6.97. The summed E-state index contributed by atoms with van der Waals surface area (Å²) in [6, 6.07) is 12.8. The van der Waals surface area contributed by atoms with Crippen LogP contribution in [-0.2, 0) is 9.59 Å². The Bertz CT molecular complexity index is 872. The third kappa shape index (κ3) is 4.61. The van der Waals surface area contributed by atoms with Crippen molar-refractivity contribution in [1.29, 1.82) is 0 Å². The summed E-state index contributed by atoms with van der Waals surface area (Å²) in [5.74, 6) is -0.0926. The molecule has 0 aliphatic carbocycles. The Kier molecular flexibility index (Phi) is 5.69. The van der Waals surface area contributed by atoms with E-state index in [1.807, 2.05) is 38.1 Å². The predicted octanol–water partition coefficient (Wildman–Crippen LogP) is 4.03. The van der Waals surface area contributed by atoms with Crippen molar-refractivity contribution in [2.24, 2.45) is 0 Å². The summed E-state index contributed by atoms with van der Waals surface area (Å²) < 4.78 is 0. The van der Waals surface area contributed by atoms with Crippen molar-refractivity contribution in [2.45, 2.75) is 39.5 Å². The molecule has 0 aromatic heterocycles. The van der Waals surface area contributed by atoms with Gasteiger partial charge in [0.15, 0.2) is 5.78 Å². The molecule has 1 aliphatic rings. The lowest BCUT2D eigenvalue weighted by molar-refractivity contribution is -0.117. The molecule has 0 spiro atoms. The van der Waals surface area contributed by atoms with Crippen molar-refractivity contribution >= 4 is 29.0 Å². The first-order valence-electron chi connectivity index (χ1n) is 9.25. The number of anilines is 2. The summed E-state index contributed by atoms with van der Waals surface area (Å²) in [4.78, 5) is 37.9. The maximum absolute atomic E-state index is 12.3. The number of aryl methyl sites for hydroxylation is 2. The van der Waals surface area contributed by atoms with Crippen molar-refractivity contribution < 1.29 is 14.4 Å². The van der Waals surface area contributed by atoms with Gasteiger partial charge in [-0.15, -0.1) is 0 Å². The largest absolute Gasteiger partial charge is 0.326 e. The van der Waals surface area contributed by atoms with Crippen LogP contribution in [-0.4, -0.2) is 24.1 Å². The van der Waals surface area contributed by atoms with Gasteiger partial charge < -0.3 is 10.2 Å². The van der Waals surface area contributed by atoms with Crippen LogP contribution in [0.1, 0.15) is 47.2 Å². The van der Waals surface area contributed by atoms with E-state index >= 15 is 0 Å². The third-order valence-corrected chi connectivity index (χ3v) is 4.94. The first kappa shape index (κ1) is 18.8. The second kappa shape index (κ2) is 8.16. The fourth-order valence-corrected chi connectivity index (χ4v) is 3.16. The average molecular weight is 364 g/mol. The SMILES string of the molecule is Cc1ccc(C(=O)CCC(=O)Nc2ccc(N3CCCC3=O)cc2)cc1C. The smallest absolute Gasteiger partial charge is 0.227 e. The molecule has 27 heavy (non-hydrogen) atoms. The molecule has 0 radical (unpaired) electrons. The van der Waals surface area contributed by atoms with Crippen LogP contribution in [0.2, 0.25) is 0 Å². The lowest BCUT2D eigenvalue weighted by Gasteiger charge is -2.16. The number of hydrogen-bond acceptors (Lipinski definition) is 3. The van der Waals surface area contributed by atoms with Crippen molar-refractivity contribution in [3.05, 3.63) is 59.2 Å². The highest BCUT2D eigenvalue weighted by molar-refractivity contribution is 6.00. The van der Waals surface area contributed by atoms with Gasteiger partial charge in [0, 0.05) is 42.7 Å². The predicted molar refractivity (Wildman–Crippen MR) is 106 cm³/mol. The van der Waals surface area contributed by atoms with Crippen LogP contribution in [0.3, 0.4) is 0 Å². The molecule has 2 amide bonds. The fourth-order valence-electron chi connectivity index (χ4n) is 3.16. The number of hydrogen-bond donors (Lipinski definition) is 1. The molecule has 1 aliphatic heterocycles. The maximum Gasteiger partial charge on any atom is 0.227 e. The monoisotopic (exact) mass is 364 g/mol. The number of nitrogens with one attached hydrogen (secondary N) is 1. The van der Waals surface area contributed by atoms with Crippen LogP contribution >= 0.6 is 0 Å². The van der Waals surface area contributed by atoms with Gasteiger partial charge in [0.05, 0.1) is 0 Å². The summed E-state index contributed by atoms with van der Waals surface area (Å²) in [6.07, 6.45) is 1.78. The number of carbonyl (C=O) groups excluding carboxylic acids is 3. The van der Waals surface area contributed by atoms with Gasteiger partial charge in [-0.1, -0.05) is 12.1 Å². The molecule has 1 N–H and O–H groups in total. The lowest BCUT2D eigenvalue weighted by Crippen LogP contribution is -2.23. The number of Topliss-reactive ketones (excluding diaryl/α,β-unsaturated/α-hetero) is 1. The van der Waals surface area contributed by atoms with Crippen LogP contribution in [0, 0.1) is 13.8 Å². The third-order valence-electron chi connectivity index (χ3n) is 4.94. The van der Waals surface area contributed by atoms with E-state index < -0.39 is 0 Å². The van der Waals surface area contributed by atoms with Crippen LogP contribution < -0.4 is 10.2 Å². The topological polar surface area (TPSA) is 66.5 Å². The first-order valence-corrected chi connectivity index (χ1v) is 9.25. The highest BCUT2D eigenvalue weighted by Gasteiger charge is 2.21.